The SMILES string of the molecule is CCCC(=NC(=NC)c1ccc2c(c1)sc1ccccc12)Nc1ccccc1.Cc1ccccc1-c1ccc2c3ccccc3n(-c3ccccc3)c2c1C. The summed E-state index contributed by atoms with van der Waals surface area (Å²) in [6.07, 6.45) is 1.89. The van der Waals surface area contributed by atoms with Crippen LogP contribution in [0.15, 0.2) is 174 Å². The van der Waals surface area contributed by atoms with Gasteiger partial charge in [0.15, 0.2) is 5.84 Å². The fraction of sp³-hybridized carbons (Fsp3) is 0.120. The van der Waals surface area contributed by atoms with Gasteiger partial charge in [0.05, 0.1) is 11.0 Å². The number of hydrogen-bond acceptors (Lipinski definition) is 2. The van der Waals surface area contributed by atoms with Crippen molar-refractivity contribution in [1.82, 2.24) is 4.57 Å². The summed E-state index contributed by atoms with van der Waals surface area (Å²) in [4.78, 5) is 9.35. The zero-order chi connectivity index (χ0) is 37.7. The number of thiophene rings is 1. The molecule has 0 fully saturated rings. The molecule has 2 aromatic heterocycles. The van der Waals surface area contributed by atoms with E-state index >= 15 is 0 Å². The molecule has 0 aliphatic rings. The van der Waals surface area contributed by atoms with Gasteiger partial charge in [0.25, 0.3) is 0 Å². The smallest absolute Gasteiger partial charge is 0.156 e. The molecule has 0 amide bonds. The number of nitrogens with one attached hydrogen (secondary N) is 1. The van der Waals surface area contributed by atoms with Crippen LogP contribution in [0.4, 0.5) is 5.69 Å². The van der Waals surface area contributed by atoms with Gasteiger partial charge >= 0.3 is 0 Å². The number of aromatic nitrogens is 1. The van der Waals surface area contributed by atoms with Crippen molar-refractivity contribution in [2.24, 2.45) is 9.98 Å². The number of rotatable bonds is 6. The largest absolute Gasteiger partial charge is 0.344 e. The minimum atomic E-state index is 0.756. The third-order valence-electron chi connectivity index (χ3n) is 10.2. The molecule has 0 saturated heterocycles. The standard InChI is InChI=1S/C26H21N.C24H23N3S/c1-18-10-6-7-13-21(18)22-16-17-24-23-14-8-9-15-25(23)27(26(24)19(22)2)20-11-4-3-5-12-20;1-3-9-23(26-18-10-5-4-6-11-18)27-24(25-2)17-14-15-20-19-12-7-8-13-21(19)28-22(20)16-17/h3-17H,1-2H3;4-8,10-16H,3,9H2,1-2H3,(H,25,26,27). The molecule has 0 aliphatic carbocycles. The highest BCUT2D eigenvalue weighted by Gasteiger charge is 2.17. The lowest BCUT2D eigenvalue weighted by atomic mass is 9.95. The molecule has 9 rings (SSSR count). The lowest BCUT2D eigenvalue weighted by Gasteiger charge is -2.14. The fourth-order valence-electron chi connectivity index (χ4n) is 7.54. The maximum Gasteiger partial charge on any atom is 0.156 e. The molecule has 0 radical (unpaired) electrons. The normalized spacial score (nSPS) is 12.0. The van der Waals surface area contributed by atoms with Gasteiger partial charge in [0.2, 0.25) is 0 Å². The van der Waals surface area contributed by atoms with Gasteiger partial charge in [-0.2, -0.15) is 0 Å². The molecule has 0 spiro atoms. The molecule has 2 heterocycles. The summed E-state index contributed by atoms with van der Waals surface area (Å²) in [6, 6.07) is 57.8. The van der Waals surface area contributed by atoms with E-state index in [9.17, 15) is 0 Å². The van der Waals surface area contributed by atoms with Gasteiger partial charge in [-0.05, 0) is 85.0 Å². The van der Waals surface area contributed by atoms with Gasteiger partial charge in [-0.3, -0.25) is 4.99 Å². The highest BCUT2D eigenvalue weighted by Crippen LogP contribution is 2.39. The number of aliphatic imine (C=N–C) groups is 2. The van der Waals surface area contributed by atoms with Crippen LogP contribution < -0.4 is 5.32 Å². The molecule has 270 valence electrons. The van der Waals surface area contributed by atoms with E-state index in [1.807, 2.05) is 29.5 Å². The second-order valence-corrected chi connectivity index (χ2v) is 14.9. The summed E-state index contributed by atoms with van der Waals surface area (Å²) in [5, 5.41) is 8.66. The van der Waals surface area contributed by atoms with Gasteiger partial charge in [0.1, 0.15) is 5.84 Å². The van der Waals surface area contributed by atoms with E-state index in [0.29, 0.717) is 0 Å². The lowest BCUT2D eigenvalue weighted by molar-refractivity contribution is 0.990. The first kappa shape index (κ1) is 35.7. The van der Waals surface area contributed by atoms with E-state index in [-0.39, 0.29) is 0 Å². The fourth-order valence-corrected chi connectivity index (χ4v) is 8.69. The van der Waals surface area contributed by atoms with Crippen molar-refractivity contribution >= 4 is 70.7 Å². The maximum absolute atomic E-state index is 4.87. The summed E-state index contributed by atoms with van der Waals surface area (Å²) < 4.78 is 4.98. The summed E-state index contributed by atoms with van der Waals surface area (Å²) in [7, 11) is 1.81. The Morgan fingerprint density at radius 1 is 0.618 bits per heavy atom. The molecular formula is C50H44N4S. The first-order chi connectivity index (χ1) is 27.0. The van der Waals surface area contributed by atoms with Crippen molar-refractivity contribution in [3.05, 3.63) is 180 Å². The Morgan fingerprint density at radius 3 is 2.04 bits per heavy atom. The topological polar surface area (TPSA) is 41.7 Å². The van der Waals surface area contributed by atoms with E-state index in [2.05, 4.69) is 181 Å². The van der Waals surface area contributed by atoms with Crippen molar-refractivity contribution in [1.29, 1.82) is 0 Å². The highest BCUT2D eigenvalue weighted by atomic mass is 32.1. The molecular weight excluding hydrogens is 689 g/mol. The second kappa shape index (κ2) is 16.0. The number of amidine groups is 2. The van der Waals surface area contributed by atoms with Crippen molar-refractivity contribution in [2.75, 3.05) is 12.4 Å². The lowest BCUT2D eigenvalue weighted by Crippen LogP contribution is -2.14. The summed E-state index contributed by atoms with van der Waals surface area (Å²) in [6.45, 7) is 6.60. The number of para-hydroxylation sites is 3. The molecule has 9 aromatic rings. The van der Waals surface area contributed by atoms with Crippen molar-refractivity contribution in [3.8, 4) is 16.8 Å². The minimum absolute atomic E-state index is 0.756. The van der Waals surface area contributed by atoms with Crippen LogP contribution in [0, 0.1) is 13.8 Å². The van der Waals surface area contributed by atoms with E-state index in [1.54, 1.807) is 7.05 Å². The zero-order valence-corrected chi connectivity index (χ0v) is 32.6. The molecule has 55 heavy (non-hydrogen) atoms. The third kappa shape index (κ3) is 7.19. The van der Waals surface area contributed by atoms with Crippen LogP contribution in [-0.4, -0.2) is 23.3 Å². The van der Waals surface area contributed by atoms with Gasteiger partial charge < -0.3 is 9.88 Å². The van der Waals surface area contributed by atoms with Gasteiger partial charge in [-0.1, -0.05) is 128 Å². The van der Waals surface area contributed by atoms with Gasteiger partial charge in [-0.25, -0.2) is 4.99 Å². The van der Waals surface area contributed by atoms with E-state index in [4.69, 9.17) is 4.99 Å². The van der Waals surface area contributed by atoms with E-state index < -0.39 is 0 Å². The van der Waals surface area contributed by atoms with E-state index in [0.717, 1.165) is 35.8 Å². The Balaban J connectivity index is 0.000000155. The Labute approximate surface area is 327 Å². The highest BCUT2D eigenvalue weighted by molar-refractivity contribution is 7.25. The molecule has 0 bridgehead atoms. The van der Waals surface area contributed by atoms with Crippen molar-refractivity contribution in [3.63, 3.8) is 0 Å². The number of benzene rings is 7. The van der Waals surface area contributed by atoms with Crippen LogP contribution >= 0.6 is 11.3 Å². The molecule has 5 heteroatoms. The predicted molar refractivity (Wildman–Crippen MR) is 240 cm³/mol. The average Bonchev–Trinajstić information content (AvgIpc) is 3.77. The first-order valence-corrected chi connectivity index (χ1v) is 19.8. The average molecular weight is 733 g/mol. The van der Waals surface area contributed by atoms with Crippen molar-refractivity contribution < 1.29 is 0 Å². The number of hydrogen-bond donors (Lipinski definition) is 1. The monoisotopic (exact) mass is 732 g/mol. The van der Waals surface area contributed by atoms with Gasteiger partial charge in [-0.15, -0.1) is 11.3 Å². The molecule has 0 atom stereocenters. The molecule has 4 nitrogen and oxygen atoms in total. The van der Waals surface area contributed by atoms with E-state index in [1.165, 1.54) is 69.9 Å². The molecule has 1 N–H and O–H groups in total. The quantitative estimate of drug-likeness (QED) is 0.134. The molecule has 0 aliphatic heterocycles. The Morgan fingerprint density at radius 2 is 1.27 bits per heavy atom. The van der Waals surface area contributed by atoms with Gasteiger partial charge in [0, 0.05) is 61.4 Å². The number of aryl methyl sites for hydroxylation is 2. The van der Waals surface area contributed by atoms with Crippen LogP contribution in [0.25, 0.3) is 58.8 Å². The number of anilines is 1. The summed E-state index contributed by atoms with van der Waals surface area (Å²) in [5.41, 5.74) is 11.1. The predicted octanol–water partition coefficient (Wildman–Crippen LogP) is 13.8. The van der Waals surface area contributed by atoms with Crippen LogP contribution in [0.1, 0.15) is 36.5 Å². The Hall–Kier alpha value is -6.30. The number of fused-ring (bicyclic) bond motifs is 6. The molecule has 0 unspecified atom stereocenters. The number of nitrogens with zero attached hydrogens (tertiary/aromatic N) is 3. The second-order valence-electron chi connectivity index (χ2n) is 13.8. The van der Waals surface area contributed by atoms with Crippen LogP contribution in [0.2, 0.25) is 0 Å². The Kier molecular flexibility index (Phi) is 10.4. The summed E-state index contributed by atoms with van der Waals surface area (Å²) >= 11 is 1.82. The van der Waals surface area contributed by atoms with Crippen molar-refractivity contribution in [2.45, 2.75) is 33.6 Å². The molecule has 0 saturated carbocycles. The van der Waals surface area contributed by atoms with Crippen LogP contribution in [0.5, 0.6) is 0 Å². The molecule has 7 aromatic carbocycles. The Bertz CT molecular complexity index is 2830. The third-order valence-corrected chi connectivity index (χ3v) is 11.3. The van der Waals surface area contributed by atoms with Crippen LogP contribution in [0.3, 0.4) is 0 Å². The summed E-state index contributed by atoms with van der Waals surface area (Å²) in [5.74, 6) is 1.69. The first-order valence-electron chi connectivity index (χ1n) is 19.0. The maximum atomic E-state index is 4.87. The minimum Gasteiger partial charge on any atom is -0.344 e. The van der Waals surface area contributed by atoms with Crippen LogP contribution in [-0.2, 0) is 0 Å². The zero-order valence-electron chi connectivity index (χ0n) is 31.8.